The topological polar surface area (TPSA) is 54.0 Å². The number of anilines is 1. The first-order chi connectivity index (χ1) is 14.1. The maximum absolute atomic E-state index is 12.9. The van der Waals surface area contributed by atoms with Gasteiger partial charge in [-0.05, 0) is 68.4 Å². The van der Waals surface area contributed by atoms with Gasteiger partial charge in [0.2, 0.25) is 0 Å². The Morgan fingerprint density at radius 2 is 1.83 bits per heavy atom. The summed E-state index contributed by atoms with van der Waals surface area (Å²) in [5.41, 5.74) is -0.0915. The van der Waals surface area contributed by atoms with Gasteiger partial charge in [-0.3, -0.25) is 4.79 Å². The lowest BCUT2D eigenvalue weighted by Gasteiger charge is -2.29. The predicted molar refractivity (Wildman–Crippen MR) is 112 cm³/mol. The van der Waals surface area contributed by atoms with E-state index in [-0.39, 0.29) is 16.6 Å². The maximum Gasteiger partial charge on any atom is 0.416 e. The number of hydrogen-bond acceptors (Lipinski definition) is 3. The third kappa shape index (κ3) is 5.79. The number of hydrogen-bond donors (Lipinski definition) is 2. The molecule has 0 atom stereocenters. The van der Waals surface area contributed by atoms with Gasteiger partial charge in [0.25, 0.3) is 5.91 Å². The third-order valence-electron chi connectivity index (χ3n) is 5.34. The Morgan fingerprint density at radius 1 is 1.13 bits per heavy atom. The van der Waals surface area contributed by atoms with Crippen LogP contribution in [0.5, 0.6) is 0 Å². The zero-order valence-electron chi connectivity index (χ0n) is 16.3. The number of aryl methyl sites for hydroxylation is 1. The normalized spacial score (nSPS) is 19.4. The largest absolute Gasteiger partial charge is 0.416 e. The van der Waals surface area contributed by atoms with Crippen LogP contribution < -0.4 is 10.6 Å². The third-order valence-corrected chi connectivity index (χ3v) is 6.06. The molecule has 0 unspecified atom stereocenters. The van der Waals surface area contributed by atoms with Gasteiger partial charge >= 0.3 is 6.18 Å². The van der Waals surface area contributed by atoms with Gasteiger partial charge in [0.05, 0.1) is 21.2 Å². The fraction of sp³-hybridized carbons (Fsp3) is 0.429. The van der Waals surface area contributed by atoms with Crippen LogP contribution in [0.25, 0.3) is 0 Å². The van der Waals surface area contributed by atoms with Crippen molar-refractivity contribution in [1.29, 1.82) is 0 Å². The highest BCUT2D eigenvalue weighted by molar-refractivity contribution is 6.33. The summed E-state index contributed by atoms with van der Waals surface area (Å²) in [6.07, 6.45) is 0.373. The summed E-state index contributed by atoms with van der Waals surface area (Å²) in [5.74, 6) is 0.619. The average molecular weight is 460 g/mol. The molecule has 0 saturated heterocycles. The van der Waals surface area contributed by atoms with E-state index in [1.54, 1.807) is 6.20 Å². The van der Waals surface area contributed by atoms with Crippen molar-refractivity contribution >= 4 is 34.9 Å². The van der Waals surface area contributed by atoms with Crippen molar-refractivity contribution in [3.05, 3.63) is 57.2 Å². The standard InChI is InChI=1S/C21H22Cl2F3N3O/c1-12-8-19(28-11-18(12)23)27-10-13-2-5-15(6-3-13)29-20(30)16-9-14(21(24,25)26)4-7-17(16)22/h4,7-9,11,13,15H,2-3,5-6,10H2,1H3,(H,27,28)(H,29,30). The van der Waals surface area contributed by atoms with Crippen LogP contribution in [0.4, 0.5) is 19.0 Å². The summed E-state index contributed by atoms with van der Waals surface area (Å²) < 4.78 is 38.7. The molecule has 1 aromatic heterocycles. The molecule has 1 aromatic carbocycles. The summed E-state index contributed by atoms with van der Waals surface area (Å²) in [7, 11) is 0. The van der Waals surface area contributed by atoms with Crippen molar-refractivity contribution in [2.24, 2.45) is 5.92 Å². The summed E-state index contributed by atoms with van der Waals surface area (Å²) >= 11 is 11.9. The zero-order valence-corrected chi connectivity index (χ0v) is 17.8. The molecule has 4 nitrogen and oxygen atoms in total. The molecule has 0 bridgehead atoms. The number of benzene rings is 1. The quantitative estimate of drug-likeness (QED) is 0.566. The van der Waals surface area contributed by atoms with Gasteiger partial charge in [0.1, 0.15) is 5.82 Å². The smallest absolute Gasteiger partial charge is 0.370 e. The molecule has 1 aliphatic carbocycles. The number of nitrogens with one attached hydrogen (secondary N) is 2. The van der Waals surface area contributed by atoms with Crippen LogP contribution in [0.1, 0.15) is 47.2 Å². The second kappa shape index (κ2) is 9.43. The van der Waals surface area contributed by atoms with Gasteiger partial charge in [0, 0.05) is 18.8 Å². The van der Waals surface area contributed by atoms with Crippen molar-refractivity contribution in [2.45, 2.75) is 44.8 Å². The van der Waals surface area contributed by atoms with E-state index in [0.717, 1.165) is 61.8 Å². The van der Waals surface area contributed by atoms with E-state index in [9.17, 15) is 18.0 Å². The van der Waals surface area contributed by atoms with E-state index in [0.29, 0.717) is 10.9 Å². The van der Waals surface area contributed by atoms with Crippen molar-refractivity contribution in [3.8, 4) is 0 Å². The lowest BCUT2D eigenvalue weighted by molar-refractivity contribution is -0.137. The molecule has 0 radical (unpaired) electrons. The number of pyridine rings is 1. The summed E-state index contributed by atoms with van der Waals surface area (Å²) in [6, 6.07) is 4.58. The second-order valence-corrected chi connectivity index (χ2v) is 8.40. The van der Waals surface area contributed by atoms with Gasteiger partial charge in [-0.15, -0.1) is 0 Å². The van der Waals surface area contributed by atoms with Gasteiger partial charge in [-0.25, -0.2) is 4.98 Å². The highest BCUT2D eigenvalue weighted by Gasteiger charge is 2.32. The molecular weight excluding hydrogens is 438 g/mol. The molecule has 3 rings (SSSR count). The van der Waals surface area contributed by atoms with E-state index in [1.807, 2.05) is 13.0 Å². The number of aromatic nitrogens is 1. The first-order valence-electron chi connectivity index (χ1n) is 9.67. The molecule has 2 N–H and O–H groups in total. The van der Waals surface area contributed by atoms with Crippen molar-refractivity contribution in [2.75, 3.05) is 11.9 Å². The summed E-state index contributed by atoms with van der Waals surface area (Å²) in [4.78, 5) is 16.7. The van der Waals surface area contributed by atoms with Gasteiger partial charge in [-0.1, -0.05) is 23.2 Å². The molecular formula is C21H22Cl2F3N3O. The summed E-state index contributed by atoms with van der Waals surface area (Å²) in [5, 5.41) is 6.76. The van der Waals surface area contributed by atoms with E-state index in [4.69, 9.17) is 23.2 Å². The highest BCUT2D eigenvalue weighted by atomic mass is 35.5. The van der Waals surface area contributed by atoms with Gasteiger partial charge < -0.3 is 10.6 Å². The van der Waals surface area contributed by atoms with E-state index < -0.39 is 17.6 Å². The van der Waals surface area contributed by atoms with E-state index in [1.165, 1.54) is 0 Å². The van der Waals surface area contributed by atoms with Crippen molar-refractivity contribution in [1.82, 2.24) is 10.3 Å². The minimum atomic E-state index is -4.53. The molecule has 1 amide bonds. The van der Waals surface area contributed by atoms with Gasteiger partial charge in [0.15, 0.2) is 0 Å². The molecule has 0 aliphatic heterocycles. The highest BCUT2D eigenvalue weighted by Crippen LogP contribution is 2.32. The predicted octanol–water partition coefficient (Wildman–Crippen LogP) is 6.12. The van der Waals surface area contributed by atoms with Crippen molar-refractivity contribution < 1.29 is 18.0 Å². The molecule has 30 heavy (non-hydrogen) atoms. The molecule has 1 aliphatic rings. The lowest BCUT2D eigenvalue weighted by Crippen LogP contribution is -2.38. The Hall–Kier alpha value is -1.99. The van der Waals surface area contributed by atoms with Crippen LogP contribution in [0.3, 0.4) is 0 Å². The first kappa shape index (κ1) is 22.7. The number of carbonyl (C=O) groups excluding carboxylic acids is 1. The molecule has 2 aromatic rings. The monoisotopic (exact) mass is 459 g/mol. The number of nitrogens with zero attached hydrogens (tertiary/aromatic N) is 1. The molecule has 1 fully saturated rings. The summed E-state index contributed by atoms with van der Waals surface area (Å²) in [6.45, 7) is 2.67. The zero-order chi connectivity index (χ0) is 21.9. The maximum atomic E-state index is 12.9. The Balaban J connectivity index is 1.51. The fourth-order valence-corrected chi connectivity index (χ4v) is 3.84. The molecule has 1 heterocycles. The molecule has 1 saturated carbocycles. The van der Waals surface area contributed by atoms with Crippen LogP contribution >= 0.6 is 23.2 Å². The van der Waals surface area contributed by atoms with Crippen LogP contribution in [0.2, 0.25) is 10.0 Å². The van der Waals surface area contributed by atoms with Gasteiger partial charge in [-0.2, -0.15) is 13.2 Å². The number of alkyl halides is 3. The lowest BCUT2D eigenvalue weighted by atomic mass is 9.86. The van der Waals surface area contributed by atoms with Crippen LogP contribution in [0.15, 0.2) is 30.5 Å². The average Bonchev–Trinajstić information content (AvgIpc) is 2.69. The molecule has 9 heteroatoms. The number of halogens is 5. The Morgan fingerprint density at radius 3 is 2.47 bits per heavy atom. The Kier molecular flexibility index (Phi) is 7.14. The number of rotatable bonds is 5. The molecule has 162 valence electrons. The van der Waals surface area contributed by atoms with E-state index >= 15 is 0 Å². The number of amides is 1. The Labute approximate surface area is 183 Å². The molecule has 0 spiro atoms. The number of carbonyl (C=O) groups is 1. The second-order valence-electron chi connectivity index (χ2n) is 7.58. The van der Waals surface area contributed by atoms with Crippen LogP contribution in [-0.4, -0.2) is 23.5 Å². The Bertz CT molecular complexity index is 913. The van der Waals surface area contributed by atoms with Crippen LogP contribution in [-0.2, 0) is 6.18 Å². The SMILES string of the molecule is Cc1cc(NCC2CCC(NC(=O)c3cc(C(F)(F)F)ccc3Cl)CC2)ncc1Cl. The van der Waals surface area contributed by atoms with Crippen LogP contribution in [0, 0.1) is 12.8 Å². The fourth-order valence-electron chi connectivity index (χ4n) is 3.53. The minimum Gasteiger partial charge on any atom is -0.370 e. The van der Waals surface area contributed by atoms with Crippen molar-refractivity contribution in [3.63, 3.8) is 0 Å². The first-order valence-corrected chi connectivity index (χ1v) is 10.4. The van der Waals surface area contributed by atoms with E-state index in [2.05, 4.69) is 15.6 Å². The minimum absolute atomic E-state index is 0.00384.